The van der Waals surface area contributed by atoms with Crippen molar-refractivity contribution in [2.45, 2.75) is 0 Å². The maximum Gasteiger partial charge on any atom is 0.160 e. The lowest BCUT2D eigenvalue weighted by atomic mass is 9.95. The van der Waals surface area contributed by atoms with E-state index in [2.05, 4.69) is 119 Å². The Kier molecular flexibility index (Phi) is 7.60. The molecule has 11 rings (SSSR count). The van der Waals surface area contributed by atoms with Gasteiger partial charge in [0.2, 0.25) is 0 Å². The van der Waals surface area contributed by atoms with Crippen LogP contribution in [-0.2, 0) is 0 Å². The molecule has 0 atom stereocenters. The minimum Gasteiger partial charge on any atom is -0.455 e. The van der Waals surface area contributed by atoms with E-state index >= 15 is 0 Å². The number of hydrogen-bond acceptors (Lipinski definition) is 6. The van der Waals surface area contributed by atoms with E-state index in [1.54, 1.807) is 0 Å². The van der Waals surface area contributed by atoms with Crippen molar-refractivity contribution in [1.29, 1.82) is 0 Å². The fraction of sp³-hybridized carbons (Fsp3) is 0. The zero-order chi connectivity index (χ0) is 37.0. The van der Waals surface area contributed by atoms with Crippen LogP contribution in [0, 0.1) is 0 Å². The molecule has 11 aromatic rings. The largest absolute Gasteiger partial charge is 0.455 e. The van der Waals surface area contributed by atoms with E-state index in [4.69, 9.17) is 14.4 Å². The number of aromatic nitrogens is 4. The average molecular weight is 735 g/mol. The quantitative estimate of drug-likeness (QED) is 0.170. The van der Waals surface area contributed by atoms with Crippen LogP contribution >= 0.6 is 11.3 Å². The van der Waals surface area contributed by atoms with Crippen LogP contribution in [0.25, 0.3) is 110 Å². The van der Waals surface area contributed by atoms with Crippen molar-refractivity contribution in [3.05, 3.63) is 182 Å². The first kappa shape index (κ1) is 32.2. The maximum atomic E-state index is 6.79. The molecular weight excluding hydrogens is 705 g/mol. The Morgan fingerprint density at radius 1 is 0.411 bits per heavy atom. The SMILES string of the molecule is c1ccc(-c2cc(-c3ccc(-c4cccc5c4sc4ccccc45)c4oc5ccccc5c34)nc(-c3ccc(-c4cnc(-c5ccccc5)nc4)cc3)n2)cc1. The van der Waals surface area contributed by atoms with E-state index in [0.717, 1.165) is 77.8 Å². The fourth-order valence-electron chi connectivity index (χ4n) is 7.71. The number of para-hydroxylation sites is 1. The van der Waals surface area contributed by atoms with Crippen LogP contribution in [0.2, 0.25) is 0 Å². The van der Waals surface area contributed by atoms with Crippen LogP contribution in [0.4, 0.5) is 0 Å². The normalized spacial score (nSPS) is 11.6. The van der Waals surface area contributed by atoms with Gasteiger partial charge in [0.25, 0.3) is 0 Å². The zero-order valence-corrected chi connectivity index (χ0v) is 30.7. The third kappa shape index (κ3) is 5.46. The summed E-state index contributed by atoms with van der Waals surface area (Å²) in [5.41, 5.74) is 11.5. The third-order valence-corrected chi connectivity index (χ3v) is 11.7. The lowest BCUT2D eigenvalue weighted by Crippen LogP contribution is -1.96. The van der Waals surface area contributed by atoms with Gasteiger partial charge in [0.15, 0.2) is 11.6 Å². The van der Waals surface area contributed by atoms with E-state index < -0.39 is 0 Å². The Morgan fingerprint density at radius 2 is 1.04 bits per heavy atom. The van der Waals surface area contributed by atoms with Gasteiger partial charge in [-0.05, 0) is 29.8 Å². The van der Waals surface area contributed by atoms with Gasteiger partial charge in [0, 0.05) is 82.3 Å². The maximum absolute atomic E-state index is 6.79. The van der Waals surface area contributed by atoms with Gasteiger partial charge in [0.05, 0.1) is 11.4 Å². The molecule has 0 aliphatic rings. The van der Waals surface area contributed by atoms with Gasteiger partial charge in [-0.15, -0.1) is 11.3 Å². The molecule has 0 amide bonds. The molecule has 7 aromatic carbocycles. The van der Waals surface area contributed by atoms with Gasteiger partial charge in [-0.3, -0.25) is 0 Å². The minimum atomic E-state index is 0.642. The number of furan rings is 1. The van der Waals surface area contributed by atoms with Crippen LogP contribution in [0.1, 0.15) is 0 Å². The highest BCUT2D eigenvalue weighted by Gasteiger charge is 2.21. The first-order valence-electron chi connectivity index (χ1n) is 18.5. The molecule has 0 unspecified atom stereocenters. The highest BCUT2D eigenvalue weighted by molar-refractivity contribution is 7.26. The monoisotopic (exact) mass is 734 g/mol. The number of thiophene rings is 1. The number of rotatable bonds is 6. The molecule has 0 bridgehead atoms. The second-order valence-corrected chi connectivity index (χ2v) is 14.9. The average Bonchev–Trinajstić information content (AvgIpc) is 3.86. The first-order valence-corrected chi connectivity index (χ1v) is 19.3. The van der Waals surface area contributed by atoms with E-state index in [-0.39, 0.29) is 0 Å². The van der Waals surface area contributed by atoms with E-state index in [1.165, 1.54) is 20.2 Å². The summed E-state index contributed by atoms with van der Waals surface area (Å²) in [4.78, 5) is 19.7. The fourth-order valence-corrected chi connectivity index (χ4v) is 8.94. The first-order chi connectivity index (χ1) is 27.7. The molecule has 4 aromatic heterocycles. The van der Waals surface area contributed by atoms with E-state index in [1.807, 2.05) is 84.4 Å². The van der Waals surface area contributed by atoms with Crippen LogP contribution in [-0.4, -0.2) is 19.9 Å². The molecule has 0 radical (unpaired) electrons. The summed E-state index contributed by atoms with van der Waals surface area (Å²) in [6.07, 6.45) is 3.75. The lowest BCUT2D eigenvalue weighted by Gasteiger charge is -2.12. The molecule has 262 valence electrons. The van der Waals surface area contributed by atoms with Crippen molar-refractivity contribution in [2.24, 2.45) is 0 Å². The Morgan fingerprint density at radius 3 is 1.84 bits per heavy atom. The highest BCUT2D eigenvalue weighted by atomic mass is 32.1. The Bertz CT molecular complexity index is 3230. The van der Waals surface area contributed by atoms with Crippen molar-refractivity contribution < 1.29 is 4.42 Å². The van der Waals surface area contributed by atoms with Gasteiger partial charge in [-0.2, -0.15) is 0 Å². The molecular formula is C50H30N4OS. The molecule has 0 N–H and O–H groups in total. The summed E-state index contributed by atoms with van der Waals surface area (Å²) in [7, 11) is 0. The summed E-state index contributed by atoms with van der Waals surface area (Å²) in [6.45, 7) is 0. The van der Waals surface area contributed by atoms with Crippen molar-refractivity contribution in [2.75, 3.05) is 0 Å². The Labute approximate surface area is 326 Å². The van der Waals surface area contributed by atoms with E-state index in [0.29, 0.717) is 11.6 Å². The van der Waals surface area contributed by atoms with Gasteiger partial charge >= 0.3 is 0 Å². The predicted molar refractivity (Wildman–Crippen MR) is 230 cm³/mol. The molecule has 56 heavy (non-hydrogen) atoms. The molecule has 5 nitrogen and oxygen atoms in total. The highest BCUT2D eigenvalue weighted by Crippen LogP contribution is 2.46. The molecule has 0 aliphatic heterocycles. The predicted octanol–water partition coefficient (Wildman–Crippen LogP) is 13.5. The van der Waals surface area contributed by atoms with Gasteiger partial charge in [0.1, 0.15) is 11.2 Å². The number of fused-ring (bicyclic) bond motifs is 6. The molecule has 0 aliphatic carbocycles. The molecule has 6 heteroatoms. The zero-order valence-electron chi connectivity index (χ0n) is 29.9. The smallest absolute Gasteiger partial charge is 0.160 e. The van der Waals surface area contributed by atoms with Gasteiger partial charge < -0.3 is 4.42 Å². The summed E-state index contributed by atoms with van der Waals surface area (Å²) >= 11 is 1.83. The van der Waals surface area contributed by atoms with Crippen molar-refractivity contribution in [3.8, 4) is 67.5 Å². The molecule has 0 saturated carbocycles. The topological polar surface area (TPSA) is 64.7 Å². The molecule has 0 saturated heterocycles. The van der Waals surface area contributed by atoms with Crippen LogP contribution in [0.5, 0.6) is 0 Å². The standard InChI is InChI=1S/C50H30N4OS/c1-3-12-32(13-4-1)42-28-43(54-50(53-42)34-24-22-31(23-25-34)35-29-51-49(52-30-35)33-14-5-2-6-15-33)40-27-26-37(47-46(40)41-17-7-9-20-44(41)55-47)39-19-11-18-38-36-16-8-10-21-45(36)56-48(38)39/h1-30H. The second-order valence-electron chi connectivity index (χ2n) is 13.8. The van der Waals surface area contributed by atoms with Crippen molar-refractivity contribution >= 4 is 53.4 Å². The number of nitrogens with zero attached hydrogens (tertiary/aromatic N) is 4. The lowest BCUT2D eigenvalue weighted by molar-refractivity contribution is 0.670. The Balaban J connectivity index is 1.06. The molecule has 0 spiro atoms. The Hall–Kier alpha value is -7.28. The summed E-state index contributed by atoms with van der Waals surface area (Å²) in [6, 6.07) is 58.6. The number of benzene rings is 7. The summed E-state index contributed by atoms with van der Waals surface area (Å²) < 4.78 is 9.32. The second kappa shape index (κ2) is 13.2. The van der Waals surface area contributed by atoms with Crippen LogP contribution in [0.15, 0.2) is 187 Å². The third-order valence-electron chi connectivity index (χ3n) is 10.5. The molecule has 0 fully saturated rings. The van der Waals surface area contributed by atoms with Crippen molar-refractivity contribution in [1.82, 2.24) is 19.9 Å². The molecule has 4 heterocycles. The van der Waals surface area contributed by atoms with Crippen molar-refractivity contribution in [3.63, 3.8) is 0 Å². The summed E-state index contributed by atoms with van der Waals surface area (Å²) in [5.74, 6) is 1.35. The number of hydrogen-bond donors (Lipinski definition) is 0. The van der Waals surface area contributed by atoms with E-state index in [9.17, 15) is 0 Å². The summed E-state index contributed by atoms with van der Waals surface area (Å²) in [5, 5.41) is 4.62. The van der Waals surface area contributed by atoms with Gasteiger partial charge in [-0.25, -0.2) is 19.9 Å². The van der Waals surface area contributed by atoms with Gasteiger partial charge in [-0.1, -0.05) is 146 Å². The van der Waals surface area contributed by atoms with Crippen LogP contribution < -0.4 is 0 Å². The van der Waals surface area contributed by atoms with Crippen LogP contribution in [0.3, 0.4) is 0 Å². The minimum absolute atomic E-state index is 0.642.